The van der Waals surface area contributed by atoms with Crippen molar-refractivity contribution in [1.82, 2.24) is 5.32 Å². The fourth-order valence-electron chi connectivity index (χ4n) is 2.62. The van der Waals surface area contributed by atoms with E-state index in [-0.39, 0.29) is 0 Å². The molecule has 1 nitrogen and oxygen atoms in total. The minimum atomic E-state index is 0.542. The van der Waals surface area contributed by atoms with Crippen LogP contribution >= 0.6 is 0 Å². The highest BCUT2D eigenvalue weighted by molar-refractivity contribution is 5.00. The van der Waals surface area contributed by atoms with Crippen molar-refractivity contribution >= 4 is 0 Å². The van der Waals surface area contributed by atoms with Crippen LogP contribution in [0, 0.1) is 5.92 Å². The Morgan fingerprint density at radius 2 is 2.08 bits per heavy atom. The zero-order chi connectivity index (χ0) is 9.31. The Labute approximate surface area is 82.3 Å². The molecular weight excluding hydrogens is 158 g/mol. The van der Waals surface area contributed by atoms with Gasteiger partial charge in [0.1, 0.15) is 0 Å². The van der Waals surface area contributed by atoms with Gasteiger partial charge in [-0.1, -0.05) is 26.2 Å². The van der Waals surface area contributed by atoms with E-state index in [1.807, 2.05) is 0 Å². The third-order valence-electron chi connectivity index (χ3n) is 3.91. The van der Waals surface area contributed by atoms with Crippen LogP contribution < -0.4 is 5.32 Å². The van der Waals surface area contributed by atoms with Gasteiger partial charge in [0.2, 0.25) is 0 Å². The maximum Gasteiger partial charge on any atom is 0.0157 e. The minimum Gasteiger partial charge on any atom is -0.309 e. The van der Waals surface area contributed by atoms with Crippen molar-refractivity contribution in [3.63, 3.8) is 0 Å². The minimum absolute atomic E-state index is 0.542. The van der Waals surface area contributed by atoms with Crippen molar-refractivity contribution in [3.8, 4) is 0 Å². The molecule has 0 aromatic rings. The fourth-order valence-corrected chi connectivity index (χ4v) is 2.62. The monoisotopic (exact) mass is 181 g/mol. The Morgan fingerprint density at radius 3 is 2.69 bits per heavy atom. The zero-order valence-electron chi connectivity index (χ0n) is 9.10. The van der Waals surface area contributed by atoms with Gasteiger partial charge in [0.15, 0.2) is 0 Å². The molecule has 0 spiro atoms. The molecule has 0 radical (unpaired) electrons. The molecule has 0 amide bonds. The Bertz CT molecular complexity index is 172. The van der Waals surface area contributed by atoms with Crippen LogP contribution in [0.25, 0.3) is 0 Å². The summed E-state index contributed by atoms with van der Waals surface area (Å²) in [5.74, 6) is 1.01. The average molecular weight is 181 g/mol. The van der Waals surface area contributed by atoms with E-state index in [0.29, 0.717) is 5.54 Å². The highest BCUT2D eigenvalue weighted by atomic mass is 15.0. The van der Waals surface area contributed by atoms with Gasteiger partial charge in [-0.15, -0.1) is 0 Å². The third kappa shape index (κ3) is 2.46. The van der Waals surface area contributed by atoms with Gasteiger partial charge < -0.3 is 5.32 Å². The first-order valence-electron chi connectivity index (χ1n) is 5.99. The van der Waals surface area contributed by atoms with Gasteiger partial charge in [0.05, 0.1) is 0 Å². The molecule has 76 valence electrons. The fraction of sp³-hybridized carbons (Fsp3) is 1.00. The van der Waals surface area contributed by atoms with Crippen LogP contribution in [0.4, 0.5) is 0 Å². The Morgan fingerprint density at radius 1 is 1.31 bits per heavy atom. The molecule has 2 atom stereocenters. The van der Waals surface area contributed by atoms with Crippen LogP contribution in [-0.4, -0.2) is 11.6 Å². The van der Waals surface area contributed by atoms with E-state index in [4.69, 9.17) is 0 Å². The van der Waals surface area contributed by atoms with Crippen molar-refractivity contribution < 1.29 is 0 Å². The molecule has 1 heteroatoms. The topological polar surface area (TPSA) is 12.0 Å². The highest BCUT2D eigenvalue weighted by Gasteiger charge is 2.39. The normalized spacial score (nSPS) is 37.4. The first-order valence-corrected chi connectivity index (χ1v) is 5.99. The number of nitrogens with one attached hydrogen (secondary N) is 1. The van der Waals surface area contributed by atoms with E-state index in [1.54, 1.807) is 0 Å². The van der Waals surface area contributed by atoms with Crippen LogP contribution in [0.5, 0.6) is 0 Å². The van der Waals surface area contributed by atoms with E-state index >= 15 is 0 Å². The second-order valence-electron chi connectivity index (χ2n) is 5.34. The second-order valence-corrected chi connectivity index (χ2v) is 5.34. The van der Waals surface area contributed by atoms with Crippen LogP contribution in [0.1, 0.15) is 58.8 Å². The summed E-state index contributed by atoms with van der Waals surface area (Å²) >= 11 is 0. The molecule has 2 aliphatic rings. The summed E-state index contributed by atoms with van der Waals surface area (Å²) in [6.45, 7) is 4.72. The second kappa shape index (κ2) is 3.61. The van der Waals surface area contributed by atoms with Gasteiger partial charge in [-0.2, -0.15) is 0 Å². The van der Waals surface area contributed by atoms with Crippen LogP contribution in [0.2, 0.25) is 0 Å². The molecule has 2 unspecified atom stereocenters. The summed E-state index contributed by atoms with van der Waals surface area (Å²) in [4.78, 5) is 0. The van der Waals surface area contributed by atoms with Crippen molar-refractivity contribution in [2.45, 2.75) is 70.4 Å². The van der Waals surface area contributed by atoms with Crippen molar-refractivity contribution in [2.24, 2.45) is 5.92 Å². The smallest absolute Gasteiger partial charge is 0.0157 e. The van der Waals surface area contributed by atoms with Gasteiger partial charge in [0.25, 0.3) is 0 Å². The summed E-state index contributed by atoms with van der Waals surface area (Å²) < 4.78 is 0. The largest absolute Gasteiger partial charge is 0.309 e. The van der Waals surface area contributed by atoms with Gasteiger partial charge in [-0.25, -0.2) is 0 Å². The van der Waals surface area contributed by atoms with E-state index in [9.17, 15) is 0 Å². The van der Waals surface area contributed by atoms with Crippen molar-refractivity contribution in [2.75, 3.05) is 0 Å². The number of rotatable bonds is 3. The molecule has 0 bridgehead atoms. The van der Waals surface area contributed by atoms with E-state index < -0.39 is 0 Å². The molecule has 2 rings (SSSR count). The standard InChI is InChI=1S/C12H23N/c1-3-10-5-4-6-11(9-10)13-12(2)7-8-12/h10-11,13H,3-9H2,1-2H3. The number of hydrogen-bond donors (Lipinski definition) is 1. The maximum atomic E-state index is 3.83. The molecule has 2 aliphatic carbocycles. The molecule has 13 heavy (non-hydrogen) atoms. The van der Waals surface area contributed by atoms with E-state index in [2.05, 4.69) is 19.2 Å². The molecular formula is C12H23N. The molecule has 1 N–H and O–H groups in total. The molecule has 0 saturated heterocycles. The van der Waals surface area contributed by atoms with Crippen LogP contribution in [-0.2, 0) is 0 Å². The third-order valence-corrected chi connectivity index (χ3v) is 3.91. The molecule has 0 heterocycles. The maximum absolute atomic E-state index is 3.83. The molecule has 0 aromatic heterocycles. The Kier molecular flexibility index (Phi) is 2.64. The van der Waals surface area contributed by atoms with Gasteiger partial charge >= 0.3 is 0 Å². The molecule has 2 saturated carbocycles. The van der Waals surface area contributed by atoms with Crippen molar-refractivity contribution in [3.05, 3.63) is 0 Å². The summed E-state index contributed by atoms with van der Waals surface area (Å²) in [5, 5.41) is 3.83. The molecule has 0 aliphatic heterocycles. The summed E-state index contributed by atoms with van der Waals surface area (Å²) in [6.07, 6.45) is 9.98. The molecule has 2 fully saturated rings. The quantitative estimate of drug-likeness (QED) is 0.705. The van der Waals surface area contributed by atoms with Gasteiger partial charge in [-0.3, -0.25) is 0 Å². The SMILES string of the molecule is CCC1CCCC(NC2(C)CC2)C1. The highest BCUT2D eigenvalue weighted by Crippen LogP contribution is 2.37. The van der Waals surface area contributed by atoms with E-state index in [1.165, 1.54) is 44.9 Å². The summed E-state index contributed by atoms with van der Waals surface area (Å²) in [7, 11) is 0. The lowest BCUT2D eigenvalue weighted by atomic mass is 9.84. The van der Waals surface area contributed by atoms with E-state index in [0.717, 1.165) is 12.0 Å². The first kappa shape index (κ1) is 9.51. The van der Waals surface area contributed by atoms with Gasteiger partial charge in [-0.05, 0) is 38.5 Å². The average Bonchev–Trinajstić information content (AvgIpc) is 2.84. The lowest BCUT2D eigenvalue weighted by Crippen LogP contribution is -2.41. The van der Waals surface area contributed by atoms with Crippen LogP contribution in [0.15, 0.2) is 0 Å². The molecule has 0 aromatic carbocycles. The zero-order valence-corrected chi connectivity index (χ0v) is 9.10. The Balaban J connectivity index is 1.78. The lowest BCUT2D eigenvalue weighted by Gasteiger charge is -2.31. The Hall–Kier alpha value is -0.0400. The first-order chi connectivity index (χ1) is 6.22. The lowest BCUT2D eigenvalue weighted by molar-refractivity contribution is 0.260. The van der Waals surface area contributed by atoms with Gasteiger partial charge in [0, 0.05) is 11.6 Å². The van der Waals surface area contributed by atoms with Crippen LogP contribution in [0.3, 0.4) is 0 Å². The predicted octanol–water partition coefficient (Wildman–Crippen LogP) is 3.10. The summed E-state index contributed by atoms with van der Waals surface area (Å²) in [6, 6.07) is 0.839. The van der Waals surface area contributed by atoms with Crippen molar-refractivity contribution in [1.29, 1.82) is 0 Å². The number of hydrogen-bond acceptors (Lipinski definition) is 1. The summed E-state index contributed by atoms with van der Waals surface area (Å²) in [5.41, 5.74) is 0.542. The predicted molar refractivity (Wildman–Crippen MR) is 56.8 cm³/mol.